The number of ether oxygens (including phenoxy) is 1. The third kappa shape index (κ3) is 5.50. The molecule has 0 aliphatic carbocycles. The molecule has 2 aromatic carbocycles. The van der Waals surface area contributed by atoms with Crippen LogP contribution in [-0.2, 0) is 9.59 Å². The number of piperidine rings is 1. The summed E-state index contributed by atoms with van der Waals surface area (Å²) in [6.45, 7) is 5.84. The summed E-state index contributed by atoms with van der Waals surface area (Å²) >= 11 is 0. The monoisotopic (exact) mass is 395 g/mol. The van der Waals surface area contributed by atoms with Crippen molar-refractivity contribution < 1.29 is 14.3 Å². The number of methoxy groups -OCH3 is 1. The highest BCUT2D eigenvalue weighted by atomic mass is 16.5. The summed E-state index contributed by atoms with van der Waals surface area (Å²) in [6, 6.07) is 15.0. The van der Waals surface area contributed by atoms with Crippen LogP contribution in [0.15, 0.2) is 48.5 Å². The Morgan fingerprint density at radius 1 is 1.07 bits per heavy atom. The topological polar surface area (TPSA) is 61.9 Å². The van der Waals surface area contributed by atoms with Crippen LogP contribution < -0.4 is 19.9 Å². The van der Waals surface area contributed by atoms with Crippen LogP contribution in [0.5, 0.6) is 5.75 Å². The van der Waals surface area contributed by atoms with Gasteiger partial charge in [0.15, 0.2) is 0 Å². The minimum absolute atomic E-state index is 0.0397. The third-order valence-corrected chi connectivity index (χ3v) is 5.37. The smallest absolute Gasteiger partial charge is 0.244 e. The lowest BCUT2D eigenvalue weighted by Gasteiger charge is -2.32. The summed E-state index contributed by atoms with van der Waals surface area (Å²) in [5.41, 5.74) is 2.54. The maximum absolute atomic E-state index is 12.5. The van der Waals surface area contributed by atoms with E-state index in [1.54, 1.807) is 31.4 Å². The molecular weight excluding hydrogens is 366 g/mol. The predicted octanol–water partition coefficient (Wildman–Crippen LogP) is 3.92. The Hall–Kier alpha value is -3.02. The number of carbonyl (C=O) groups is 2. The molecule has 0 aromatic heterocycles. The second-order valence-corrected chi connectivity index (χ2v) is 7.57. The molecule has 154 valence electrons. The van der Waals surface area contributed by atoms with Crippen molar-refractivity contribution in [1.82, 2.24) is 0 Å². The number of anilines is 3. The zero-order valence-corrected chi connectivity index (χ0v) is 17.4. The van der Waals surface area contributed by atoms with Crippen LogP contribution >= 0.6 is 0 Å². The van der Waals surface area contributed by atoms with Crippen LogP contribution in [-0.4, -0.2) is 38.6 Å². The zero-order valence-electron chi connectivity index (χ0n) is 17.4. The highest BCUT2D eigenvalue weighted by molar-refractivity contribution is 6.01. The van der Waals surface area contributed by atoms with Crippen LogP contribution in [0.1, 0.15) is 26.7 Å². The third-order valence-electron chi connectivity index (χ3n) is 5.37. The summed E-state index contributed by atoms with van der Waals surface area (Å²) in [7, 11) is 1.59. The van der Waals surface area contributed by atoms with Gasteiger partial charge in [0, 0.05) is 37.1 Å². The molecule has 2 amide bonds. The molecule has 1 heterocycles. The molecule has 0 bridgehead atoms. The van der Waals surface area contributed by atoms with E-state index in [-0.39, 0.29) is 18.4 Å². The second-order valence-electron chi connectivity index (χ2n) is 7.57. The molecule has 1 aliphatic rings. The Kier molecular flexibility index (Phi) is 6.75. The standard InChI is InChI=1S/C23H29N3O3/c1-17-12-14-25(15-13-17)20-6-8-21(9-7-20)26(18(2)27)16-23(28)24-19-4-10-22(29-3)11-5-19/h4-11,17H,12-16H2,1-3H3,(H,24,28). The van der Waals surface area contributed by atoms with Gasteiger partial charge in [-0.1, -0.05) is 6.92 Å². The van der Waals surface area contributed by atoms with E-state index in [1.807, 2.05) is 24.3 Å². The van der Waals surface area contributed by atoms with Gasteiger partial charge in [-0.05, 0) is 67.3 Å². The van der Waals surface area contributed by atoms with Crippen molar-refractivity contribution in [2.45, 2.75) is 26.7 Å². The van der Waals surface area contributed by atoms with E-state index in [2.05, 4.69) is 17.1 Å². The van der Waals surface area contributed by atoms with Gasteiger partial charge in [-0.15, -0.1) is 0 Å². The second kappa shape index (κ2) is 9.45. The van der Waals surface area contributed by atoms with Gasteiger partial charge in [0.05, 0.1) is 7.11 Å². The number of amides is 2. The molecule has 1 aliphatic heterocycles. The van der Waals surface area contributed by atoms with Gasteiger partial charge in [-0.25, -0.2) is 0 Å². The summed E-state index contributed by atoms with van der Waals surface area (Å²) in [4.78, 5) is 28.5. The van der Waals surface area contributed by atoms with Gasteiger partial charge in [0.2, 0.25) is 11.8 Å². The molecule has 0 unspecified atom stereocenters. The Bertz CT molecular complexity index is 825. The van der Waals surface area contributed by atoms with Crippen molar-refractivity contribution >= 4 is 28.9 Å². The Balaban J connectivity index is 1.64. The number of hydrogen-bond acceptors (Lipinski definition) is 4. The molecule has 1 fully saturated rings. The fourth-order valence-corrected chi connectivity index (χ4v) is 3.51. The fraction of sp³-hybridized carbons (Fsp3) is 0.391. The SMILES string of the molecule is COc1ccc(NC(=O)CN(C(C)=O)c2ccc(N3CCC(C)CC3)cc2)cc1. The Morgan fingerprint density at radius 2 is 1.69 bits per heavy atom. The van der Waals surface area contributed by atoms with Gasteiger partial charge >= 0.3 is 0 Å². The first-order valence-electron chi connectivity index (χ1n) is 10.0. The van der Waals surface area contributed by atoms with E-state index in [1.165, 1.54) is 24.7 Å². The quantitative estimate of drug-likeness (QED) is 0.805. The van der Waals surface area contributed by atoms with E-state index < -0.39 is 0 Å². The molecule has 0 spiro atoms. The number of carbonyl (C=O) groups excluding carboxylic acids is 2. The largest absolute Gasteiger partial charge is 0.497 e. The zero-order chi connectivity index (χ0) is 20.8. The van der Waals surface area contributed by atoms with Crippen molar-refractivity contribution in [1.29, 1.82) is 0 Å². The number of rotatable bonds is 6. The lowest BCUT2D eigenvalue weighted by atomic mass is 9.99. The van der Waals surface area contributed by atoms with Gasteiger partial charge in [0.1, 0.15) is 12.3 Å². The first kappa shape index (κ1) is 20.7. The molecule has 0 saturated carbocycles. The molecule has 29 heavy (non-hydrogen) atoms. The average molecular weight is 396 g/mol. The molecule has 1 saturated heterocycles. The number of nitrogens with zero attached hydrogens (tertiary/aromatic N) is 2. The summed E-state index contributed by atoms with van der Waals surface area (Å²) in [5.74, 6) is 1.08. The van der Waals surface area contributed by atoms with E-state index >= 15 is 0 Å². The lowest BCUT2D eigenvalue weighted by molar-refractivity contribution is -0.120. The highest BCUT2D eigenvalue weighted by Crippen LogP contribution is 2.25. The molecule has 6 heteroatoms. The van der Waals surface area contributed by atoms with Gasteiger partial charge < -0.3 is 19.9 Å². The molecule has 1 N–H and O–H groups in total. The van der Waals surface area contributed by atoms with E-state index in [4.69, 9.17) is 4.74 Å². The number of hydrogen-bond donors (Lipinski definition) is 1. The van der Waals surface area contributed by atoms with Gasteiger partial charge in [0.25, 0.3) is 0 Å². The summed E-state index contributed by atoms with van der Waals surface area (Å²) in [6.07, 6.45) is 2.40. The minimum atomic E-state index is -0.250. The van der Waals surface area contributed by atoms with E-state index in [9.17, 15) is 9.59 Å². The molecule has 3 rings (SSSR count). The van der Waals surface area contributed by atoms with Crippen LogP contribution in [0, 0.1) is 5.92 Å². The predicted molar refractivity (Wildman–Crippen MR) is 117 cm³/mol. The summed E-state index contributed by atoms with van der Waals surface area (Å²) in [5, 5.41) is 2.82. The minimum Gasteiger partial charge on any atom is -0.497 e. The molecular formula is C23H29N3O3. The Morgan fingerprint density at radius 3 is 2.24 bits per heavy atom. The Labute approximate surface area is 172 Å². The molecule has 2 aromatic rings. The van der Waals surface area contributed by atoms with Crippen molar-refractivity contribution in [3.05, 3.63) is 48.5 Å². The fourth-order valence-electron chi connectivity index (χ4n) is 3.51. The van der Waals surface area contributed by atoms with Crippen molar-refractivity contribution in [2.24, 2.45) is 5.92 Å². The van der Waals surface area contributed by atoms with Crippen molar-refractivity contribution in [3.8, 4) is 5.75 Å². The van der Waals surface area contributed by atoms with E-state index in [0.717, 1.165) is 36.1 Å². The van der Waals surface area contributed by atoms with Gasteiger partial charge in [-0.3, -0.25) is 9.59 Å². The maximum Gasteiger partial charge on any atom is 0.244 e. The molecule has 6 nitrogen and oxygen atoms in total. The molecule has 0 radical (unpaired) electrons. The van der Waals surface area contributed by atoms with E-state index in [0.29, 0.717) is 5.69 Å². The lowest BCUT2D eigenvalue weighted by Crippen LogP contribution is -2.36. The maximum atomic E-state index is 12.5. The van der Waals surface area contributed by atoms with Crippen LogP contribution in [0.3, 0.4) is 0 Å². The number of nitrogens with one attached hydrogen (secondary N) is 1. The summed E-state index contributed by atoms with van der Waals surface area (Å²) < 4.78 is 5.12. The number of benzene rings is 2. The van der Waals surface area contributed by atoms with Gasteiger partial charge in [-0.2, -0.15) is 0 Å². The van der Waals surface area contributed by atoms with Crippen LogP contribution in [0.4, 0.5) is 17.1 Å². The highest BCUT2D eigenvalue weighted by Gasteiger charge is 2.18. The van der Waals surface area contributed by atoms with Crippen LogP contribution in [0.25, 0.3) is 0 Å². The van der Waals surface area contributed by atoms with Crippen LogP contribution in [0.2, 0.25) is 0 Å². The normalized spacial score (nSPS) is 14.4. The first-order valence-corrected chi connectivity index (χ1v) is 10.0. The molecule has 0 atom stereocenters. The average Bonchev–Trinajstić information content (AvgIpc) is 2.73. The first-order chi connectivity index (χ1) is 14.0. The van der Waals surface area contributed by atoms with Crippen molar-refractivity contribution in [3.63, 3.8) is 0 Å². The van der Waals surface area contributed by atoms with Crippen molar-refractivity contribution in [2.75, 3.05) is 41.9 Å².